The van der Waals surface area contributed by atoms with Gasteiger partial charge >= 0.3 is 0 Å². The molecule has 1 unspecified atom stereocenters. The third-order valence-electron chi connectivity index (χ3n) is 3.00. The molecule has 0 aromatic rings. The lowest BCUT2D eigenvalue weighted by atomic mass is 10.1. The minimum absolute atomic E-state index is 0.0915. The Morgan fingerprint density at radius 1 is 1.32 bits per heavy atom. The maximum atomic E-state index is 12.1. The van der Waals surface area contributed by atoms with Crippen LogP contribution in [0.5, 0.6) is 0 Å². The smallest absolute Gasteiger partial charge is 0.237 e. The quantitative estimate of drug-likeness (QED) is 0.547. The summed E-state index contributed by atoms with van der Waals surface area (Å²) in [5, 5.41) is 2.96. The predicted molar refractivity (Wildman–Crippen MR) is 79.0 cm³/mol. The van der Waals surface area contributed by atoms with Crippen molar-refractivity contribution >= 4 is 5.91 Å². The molecule has 19 heavy (non-hydrogen) atoms. The molecule has 0 aliphatic carbocycles. The maximum Gasteiger partial charge on any atom is 0.237 e. The van der Waals surface area contributed by atoms with Crippen LogP contribution in [0.2, 0.25) is 0 Å². The highest BCUT2D eigenvalue weighted by Crippen LogP contribution is 2.05. The number of nitrogens with zero attached hydrogens (tertiary/aromatic N) is 1. The maximum absolute atomic E-state index is 12.1. The van der Waals surface area contributed by atoms with Crippen LogP contribution in [0.4, 0.5) is 0 Å². The Labute approximate surface area is 117 Å². The summed E-state index contributed by atoms with van der Waals surface area (Å²) in [6.45, 7) is 10.1. The lowest BCUT2D eigenvalue weighted by molar-refractivity contribution is -0.126. The normalized spacial score (nSPS) is 13.0. The molecule has 3 N–H and O–H groups in total. The molecule has 0 aliphatic heterocycles. The molecule has 0 rings (SSSR count). The van der Waals surface area contributed by atoms with Gasteiger partial charge in [-0.1, -0.05) is 13.8 Å². The average Bonchev–Trinajstić information content (AvgIpc) is 2.38. The lowest BCUT2D eigenvalue weighted by Gasteiger charge is -2.29. The molecule has 0 heterocycles. The molecule has 0 radical (unpaired) electrons. The van der Waals surface area contributed by atoms with E-state index < -0.39 is 0 Å². The van der Waals surface area contributed by atoms with Crippen molar-refractivity contribution in [2.45, 2.75) is 39.7 Å². The number of hydrogen-bond donors (Lipinski definition) is 2. The van der Waals surface area contributed by atoms with E-state index in [4.69, 9.17) is 10.5 Å². The molecule has 0 spiro atoms. The van der Waals surface area contributed by atoms with Crippen LogP contribution in [0.1, 0.15) is 33.6 Å². The van der Waals surface area contributed by atoms with E-state index in [1.54, 1.807) is 7.11 Å². The van der Waals surface area contributed by atoms with Crippen LogP contribution in [0, 0.1) is 5.92 Å². The van der Waals surface area contributed by atoms with Crippen molar-refractivity contribution in [3.63, 3.8) is 0 Å². The number of carbonyl (C=O) groups excluding carboxylic acids is 1. The van der Waals surface area contributed by atoms with Crippen molar-refractivity contribution in [1.82, 2.24) is 10.2 Å². The molecule has 0 aromatic carbocycles. The van der Waals surface area contributed by atoms with Gasteiger partial charge < -0.3 is 15.8 Å². The number of hydrogen-bond acceptors (Lipinski definition) is 4. The van der Waals surface area contributed by atoms with Crippen LogP contribution in [0.25, 0.3) is 0 Å². The summed E-state index contributed by atoms with van der Waals surface area (Å²) in [6, 6.07) is -0.100. The number of rotatable bonds is 11. The molecular weight excluding hydrogens is 242 g/mol. The standard InChI is InChI=1S/C14H31N3O2/c1-12(2)11-17(9-5-7-15)13(3)14(18)16-8-6-10-19-4/h12-13H,5-11,15H2,1-4H3,(H,16,18). The number of ether oxygens (including phenoxy) is 1. The fourth-order valence-corrected chi connectivity index (χ4v) is 1.95. The second kappa shape index (κ2) is 11.2. The highest BCUT2D eigenvalue weighted by atomic mass is 16.5. The molecular formula is C14H31N3O2. The van der Waals surface area contributed by atoms with E-state index in [1.165, 1.54) is 0 Å². The molecule has 1 amide bonds. The van der Waals surface area contributed by atoms with Gasteiger partial charge in [0.05, 0.1) is 6.04 Å². The van der Waals surface area contributed by atoms with Gasteiger partial charge in [-0.2, -0.15) is 0 Å². The second-order valence-electron chi connectivity index (χ2n) is 5.34. The molecule has 5 nitrogen and oxygen atoms in total. The van der Waals surface area contributed by atoms with Gasteiger partial charge in [0.2, 0.25) is 5.91 Å². The number of carbonyl (C=O) groups is 1. The van der Waals surface area contributed by atoms with Gasteiger partial charge in [-0.05, 0) is 32.2 Å². The third-order valence-corrected chi connectivity index (χ3v) is 3.00. The molecule has 0 saturated carbocycles. The van der Waals surface area contributed by atoms with E-state index in [1.807, 2.05) is 6.92 Å². The van der Waals surface area contributed by atoms with Crippen LogP contribution >= 0.6 is 0 Å². The highest BCUT2D eigenvalue weighted by molar-refractivity contribution is 5.81. The zero-order valence-corrected chi connectivity index (χ0v) is 12.9. The molecule has 0 aliphatic rings. The molecule has 0 fully saturated rings. The average molecular weight is 273 g/mol. The van der Waals surface area contributed by atoms with Gasteiger partial charge in [-0.3, -0.25) is 9.69 Å². The summed E-state index contributed by atoms with van der Waals surface area (Å²) in [5.74, 6) is 0.635. The Kier molecular flexibility index (Phi) is 10.8. The molecule has 5 heteroatoms. The number of amides is 1. The molecule has 0 saturated heterocycles. The van der Waals surface area contributed by atoms with Gasteiger partial charge in [0, 0.05) is 33.4 Å². The molecule has 114 valence electrons. The molecule has 0 aromatic heterocycles. The van der Waals surface area contributed by atoms with E-state index in [9.17, 15) is 4.79 Å². The van der Waals surface area contributed by atoms with Crippen LogP contribution in [-0.2, 0) is 9.53 Å². The van der Waals surface area contributed by atoms with Crippen molar-refractivity contribution in [3.05, 3.63) is 0 Å². The first-order valence-electron chi connectivity index (χ1n) is 7.23. The Balaban J connectivity index is 4.18. The number of nitrogens with two attached hydrogens (primary N) is 1. The zero-order chi connectivity index (χ0) is 14.7. The number of methoxy groups -OCH3 is 1. The van der Waals surface area contributed by atoms with Gasteiger partial charge in [0.1, 0.15) is 0 Å². The Morgan fingerprint density at radius 2 is 2.00 bits per heavy atom. The van der Waals surface area contributed by atoms with Crippen molar-refractivity contribution in [2.75, 3.05) is 39.9 Å². The van der Waals surface area contributed by atoms with E-state index in [2.05, 4.69) is 24.1 Å². The fraction of sp³-hybridized carbons (Fsp3) is 0.929. The van der Waals surface area contributed by atoms with E-state index >= 15 is 0 Å². The van der Waals surface area contributed by atoms with E-state index in [-0.39, 0.29) is 11.9 Å². The Bertz CT molecular complexity index is 235. The SMILES string of the molecule is COCCCNC(=O)C(C)N(CCCN)CC(C)C. The van der Waals surface area contributed by atoms with Crippen LogP contribution in [0.3, 0.4) is 0 Å². The second-order valence-corrected chi connectivity index (χ2v) is 5.34. The third kappa shape index (κ3) is 8.97. The van der Waals surface area contributed by atoms with Crippen molar-refractivity contribution in [1.29, 1.82) is 0 Å². The van der Waals surface area contributed by atoms with Crippen molar-refractivity contribution < 1.29 is 9.53 Å². The largest absolute Gasteiger partial charge is 0.385 e. The topological polar surface area (TPSA) is 67.6 Å². The molecule has 0 bridgehead atoms. The minimum Gasteiger partial charge on any atom is -0.385 e. The summed E-state index contributed by atoms with van der Waals surface area (Å²) in [4.78, 5) is 14.3. The first kappa shape index (κ1) is 18.4. The van der Waals surface area contributed by atoms with E-state index in [0.717, 1.165) is 25.9 Å². The summed E-state index contributed by atoms with van der Waals surface area (Å²) in [6.07, 6.45) is 1.77. The highest BCUT2D eigenvalue weighted by Gasteiger charge is 2.21. The van der Waals surface area contributed by atoms with Gasteiger partial charge in [0.25, 0.3) is 0 Å². The first-order valence-corrected chi connectivity index (χ1v) is 7.23. The van der Waals surface area contributed by atoms with Crippen LogP contribution in [0.15, 0.2) is 0 Å². The number of nitrogens with one attached hydrogen (secondary N) is 1. The van der Waals surface area contributed by atoms with Crippen molar-refractivity contribution in [2.24, 2.45) is 11.7 Å². The van der Waals surface area contributed by atoms with Crippen molar-refractivity contribution in [3.8, 4) is 0 Å². The zero-order valence-electron chi connectivity index (χ0n) is 12.9. The fourth-order valence-electron chi connectivity index (χ4n) is 1.95. The summed E-state index contributed by atoms with van der Waals surface area (Å²) >= 11 is 0. The van der Waals surface area contributed by atoms with Crippen LogP contribution in [-0.4, -0.2) is 56.7 Å². The summed E-state index contributed by atoms with van der Waals surface area (Å²) in [5.41, 5.74) is 5.56. The molecule has 1 atom stereocenters. The van der Waals surface area contributed by atoms with Gasteiger partial charge in [0.15, 0.2) is 0 Å². The van der Waals surface area contributed by atoms with Crippen LogP contribution < -0.4 is 11.1 Å². The predicted octanol–water partition coefficient (Wildman–Crippen LogP) is 0.834. The van der Waals surface area contributed by atoms with Gasteiger partial charge in [-0.25, -0.2) is 0 Å². The minimum atomic E-state index is -0.100. The Morgan fingerprint density at radius 3 is 2.53 bits per heavy atom. The summed E-state index contributed by atoms with van der Waals surface area (Å²) in [7, 11) is 1.67. The van der Waals surface area contributed by atoms with E-state index in [0.29, 0.717) is 25.6 Å². The lowest BCUT2D eigenvalue weighted by Crippen LogP contribution is -2.47. The Hall–Kier alpha value is -0.650. The summed E-state index contributed by atoms with van der Waals surface area (Å²) < 4.78 is 4.96. The first-order chi connectivity index (χ1) is 9.02. The van der Waals surface area contributed by atoms with Gasteiger partial charge in [-0.15, -0.1) is 0 Å². The monoisotopic (exact) mass is 273 g/mol.